The van der Waals surface area contributed by atoms with Crippen LogP contribution in [0, 0.1) is 13.8 Å². The summed E-state index contributed by atoms with van der Waals surface area (Å²) in [5.41, 5.74) is 6.34. The average Bonchev–Trinajstić information content (AvgIpc) is 3.15. The lowest BCUT2D eigenvalue weighted by Gasteiger charge is -2.13. The van der Waals surface area contributed by atoms with E-state index in [1.165, 1.54) is 4.68 Å². The van der Waals surface area contributed by atoms with Crippen LogP contribution in [0.1, 0.15) is 21.6 Å². The molecule has 0 aliphatic rings. The minimum atomic E-state index is -0.917. The summed E-state index contributed by atoms with van der Waals surface area (Å²) in [5.74, 6) is -2.24. The van der Waals surface area contributed by atoms with Crippen LogP contribution in [0.15, 0.2) is 71.2 Å². The minimum absolute atomic E-state index is 0.149. The smallest absolute Gasteiger partial charge is 0.321 e. The lowest BCUT2D eigenvalue weighted by atomic mass is 10.1. The first-order valence-electron chi connectivity index (χ1n) is 10.3. The van der Waals surface area contributed by atoms with Crippen molar-refractivity contribution >= 4 is 67.5 Å². The lowest BCUT2D eigenvalue weighted by Crippen LogP contribution is -2.36. The van der Waals surface area contributed by atoms with Gasteiger partial charge < -0.3 is 10.6 Å². The van der Waals surface area contributed by atoms with Crippen molar-refractivity contribution in [3.05, 3.63) is 93.0 Å². The van der Waals surface area contributed by atoms with Crippen LogP contribution < -0.4 is 16.1 Å². The molecule has 1 heterocycles. The Bertz CT molecular complexity index is 1430. The highest BCUT2D eigenvalue weighted by Gasteiger charge is 2.21. The van der Waals surface area contributed by atoms with Gasteiger partial charge in [-0.15, -0.1) is 0 Å². The summed E-state index contributed by atoms with van der Waals surface area (Å²) in [6, 6.07) is 19.0. The van der Waals surface area contributed by atoms with Crippen molar-refractivity contribution in [1.29, 1.82) is 0 Å². The maximum atomic E-state index is 13.1. The Morgan fingerprint density at radius 2 is 1.50 bits per heavy atom. The molecule has 34 heavy (non-hydrogen) atoms. The van der Waals surface area contributed by atoms with Crippen molar-refractivity contribution in [1.82, 2.24) is 4.68 Å². The Morgan fingerprint density at radius 3 is 2.21 bits per heavy atom. The van der Waals surface area contributed by atoms with Crippen molar-refractivity contribution in [2.75, 3.05) is 16.1 Å². The van der Waals surface area contributed by atoms with Crippen LogP contribution in [0.25, 0.3) is 10.9 Å². The molecule has 0 saturated carbocycles. The van der Waals surface area contributed by atoms with Gasteiger partial charge in [0.05, 0.1) is 5.52 Å². The average molecular weight is 540 g/mol. The van der Waals surface area contributed by atoms with Crippen molar-refractivity contribution in [3.63, 3.8) is 0 Å². The fraction of sp³-hybridized carbons (Fsp3) is 0.0800. The number of rotatable bonds is 4. The van der Waals surface area contributed by atoms with E-state index in [1.54, 1.807) is 54.6 Å². The number of carbonyl (C=O) groups excluding carboxylic acids is 3. The van der Waals surface area contributed by atoms with Gasteiger partial charge in [-0.05, 0) is 85.6 Å². The molecule has 0 aliphatic carbocycles. The number of amides is 3. The first-order valence-corrected chi connectivity index (χ1v) is 11.5. The molecule has 1 aromatic heterocycles. The molecule has 4 rings (SSSR count). The van der Waals surface area contributed by atoms with Crippen LogP contribution in [-0.4, -0.2) is 22.4 Å². The second-order valence-corrected chi connectivity index (χ2v) is 9.08. The highest BCUT2D eigenvalue weighted by Crippen LogP contribution is 2.24. The molecule has 0 spiro atoms. The zero-order chi connectivity index (χ0) is 24.4. The summed E-state index contributed by atoms with van der Waals surface area (Å²) in [5, 5.41) is 6.60. The number of fused-ring (bicyclic) bond motifs is 1. The van der Waals surface area contributed by atoms with Crippen LogP contribution in [0.3, 0.4) is 0 Å². The second kappa shape index (κ2) is 9.70. The molecule has 0 unspecified atom stereocenters. The molecule has 0 bridgehead atoms. The van der Waals surface area contributed by atoms with Gasteiger partial charge >= 0.3 is 11.8 Å². The van der Waals surface area contributed by atoms with Crippen molar-refractivity contribution in [2.24, 2.45) is 0 Å². The topological polar surface area (TPSA) is 92.2 Å². The number of halogens is 2. The standard InChI is InChI=1S/C25H20BrClN4O3/c1-14-3-7-20(11-15(14)2)29-24(33)25(34)30-31-21-10-4-17(26)12-16(21)13-22(31)23(32)28-19-8-5-18(27)6-9-19/h3-13H,1-2H3,(H,28,32)(H,29,33)(H,30,34). The third kappa shape index (κ3) is 5.13. The zero-order valence-corrected chi connectivity index (χ0v) is 20.6. The summed E-state index contributed by atoms with van der Waals surface area (Å²) >= 11 is 9.33. The number of hydrogen-bond acceptors (Lipinski definition) is 3. The maximum Gasteiger partial charge on any atom is 0.328 e. The summed E-state index contributed by atoms with van der Waals surface area (Å²) in [7, 11) is 0. The molecule has 7 nitrogen and oxygen atoms in total. The maximum absolute atomic E-state index is 13.1. The van der Waals surface area contributed by atoms with Gasteiger partial charge in [-0.1, -0.05) is 33.6 Å². The number of nitrogens with zero attached hydrogens (tertiary/aromatic N) is 1. The molecule has 172 valence electrons. The molecular formula is C25H20BrClN4O3. The SMILES string of the molecule is Cc1ccc(NC(=O)C(=O)Nn2c(C(=O)Nc3ccc(Cl)cc3)cc3cc(Br)ccc32)cc1C. The molecular weight excluding hydrogens is 520 g/mol. The predicted octanol–water partition coefficient (Wildman–Crippen LogP) is 5.64. The van der Waals surface area contributed by atoms with E-state index in [-0.39, 0.29) is 5.69 Å². The Morgan fingerprint density at radius 1 is 0.794 bits per heavy atom. The van der Waals surface area contributed by atoms with Crippen molar-refractivity contribution in [2.45, 2.75) is 13.8 Å². The van der Waals surface area contributed by atoms with Crippen LogP contribution in [0.5, 0.6) is 0 Å². The highest BCUT2D eigenvalue weighted by molar-refractivity contribution is 9.10. The van der Waals surface area contributed by atoms with Crippen molar-refractivity contribution in [3.8, 4) is 0 Å². The first-order chi connectivity index (χ1) is 16.2. The molecule has 0 saturated heterocycles. The van der Waals surface area contributed by atoms with Gasteiger partial charge in [0.25, 0.3) is 5.91 Å². The Kier molecular flexibility index (Phi) is 6.72. The number of hydrogen-bond donors (Lipinski definition) is 3. The third-order valence-corrected chi connectivity index (χ3v) is 6.03. The van der Waals surface area contributed by atoms with E-state index in [0.29, 0.717) is 27.3 Å². The van der Waals surface area contributed by atoms with Gasteiger partial charge in [0, 0.05) is 26.3 Å². The minimum Gasteiger partial charge on any atom is -0.321 e. The fourth-order valence-corrected chi connectivity index (χ4v) is 3.87. The summed E-state index contributed by atoms with van der Waals surface area (Å²) in [6.07, 6.45) is 0. The van der Waals surface area contributed by atoms with Gasteiger partial charge in [0.1, 0.15) is 5.69 Å². The number of aryl methyl sites for hydroxylation is 2. The fourth-order valence-electron chi connectivity index (χ4n) is 3.36. The van der Waals surface area contributed by atoms with Crippen LogP contribution in [-0.2, 0) is 9.59 Å². The monoisotopic (exact) mass is 538 g/mol. The van der Waals surface area contributed by atoms with E-state index >= 15 is 0 Å². The predicted molar refractivity (Wildman–Crippen MR) is 138 cm³/mol. The van der Waals surface area contributed by atoms with E-state index in [0.717, 1.165) is 15.6 Å². The molecule has 9 heteroatoms. The van der Waals surface area contributed by atoms with Crippen LogP contribution in [0.4, 0.5) is 11.4 Å². The van der Waals surface area contributed by atoms with Gasteiger partial charge in [0.2, 0.25) is 0 Å². The van der Waals surface area contributed by atoms with Crippen LogP contribution >= 0.6 is 27.5 Å². The van der Waals surface area contributed by atoms with Gasteiger partial charge in [0.15, 0.2) is 0 Å². The van der Waals surface area contributed by atoms with E-state index in [1.807, 2.05) is 26.0 Å². The largest absolute Gasteiger partial charge is 0.328 e. The molecule has 4 aromatic rings. The normalized spacial score (nSPS) is 10.7. The number of carbonyl (C=O) groups is 3. The number of aromatic nitrogens is 1. The molecule has 3 N–H and O–H groups in total. The number of anilines is 2. The Hall–Kier alpha value is -3.62. The third-order valence-electron chi connectivity index (χ3n) is 5.28. The number of nitrogens with one attached hydrogen (secondary N) is 3. The molecule has 0 fully saturated rings. The summed E-state index contributed by atoms with van der Waals surface area (Å²) in [6.45, 7) is 3.88. The van der Waals surface area contributed by atoms with Gasteiger partial charge in [-0.2, -0.15) is 0 Å². The number of benzene rings is 3. The Balaban J connectivity index is 1.61. The molecule has 3 aromatic carbocycles. The van der Waals surface area contributed by atoms with E-state index in [9.17, 15) is 14.4 Å². The van der Waals surface area contributed by atoms with E-state index < -0.39 is 17.7 Å². The first kappa shape index (κ1) is 23.5. The van der Waals surface area contributed by atoms with Gasteiger partial charge in [-0.3, -0.25) is 19.8 Å². The van der Waals surface area contributed by atoms with Crippen LogP contribution in [0.2, 0.25) is 5.02 Å². The molecule has 0 atom stereocenters. The highest BCUT2D eigenvalue weighted by atomic mass is 79.9. The van der Waals surface area contributed by atoms with E-state index in [2.05, 4.69) is 32.0 Å². The van der Waals surface area contributed by atoms with E-state index in [4.69, 9.17) is 11.6 Å². The zero-order valence-electron chi connectivity index (χ0n) is 18.3. The second-order valence-electron chi connectivity index (χ2n) is 7.72. The molecule has 0 radical (unpaired) electrons. The molecule has 0 aliphatic heterocycles. The summed E-state index contributed by atoms with van der Waals surface area (Å²) < 4.78 is 2.11. The van der Waals surface area contributed by atoms with Gasteiger partial charge in [-0.25, -0.2) is 4.68 Å². The summed E-state index contributed by atoms with van der Waals surface area (Å²) in [4.78, 5) is 38.4. The lowest BCUT2D eigenvalue weighted by molar-refractivity contribution is -0.133. The molecule has 3 amide bonds. The quantitative estimate of drug-likeness (QED) is 0.293. The van der Waals surface area contributed by atoms with Crippen molar-refractivity contribution < 1.29 is 14.4 Å². The Labute approximate surface area is 209 Å².